The maximum absolute atomic E-state index is 12.2. The highest BCUT2D eigenvalue weighted by atomic mass is 16.6. The average molecular weight is 340 g/mol. The van der Waals surface area contributed by atoms with Gasteiger partial charge in [-0.15, -0.1) is 0 Å². The summed E-state index contributed by atoms with van der Waals surface area (Å²) in [6.45, 7) is 3.91. The van der Waals surface area contributed by atoms with Gasteiger partial charge in [-0.3, -0.25) is 0 Å². The molecule has 4 nitrogen and oxygen atoms in total. The first-order chi connectivity index (χ1) is 12.1. The van der Waals surface area contributed by atoms with Crippen LogP contribution in [-0.2, 0) is 9.47 Å². The number of esters is 2. The number of carbonyl (C=O) groups is 2. The fourth-order valence-electron chi connectivity index (χ4n) is 2.48. The lowest BCUT2D eigenvalue weighted by atomic mass is 10.1. The topological polar surface area (TPSA) is 52.6 Å². The second-order valence-corrected chi connectivity index (χ2v) is 5.84. The molecule has 132 valence electrons. The van der Waals surface area contributed by atoms with Crippen LogP contribution in [0.2, 0.25) is 0 Å². The smallest absolute Gasteiger partial charge is 0.338 e. The Balaban J connectivity index is 1.93. The zero-order valence-corrected chi connectivity index (χ0v) is 14.7. The van der Waals surface area contributed by atoms with Crippen LogP contribution in [0, 0.1) is 0 Å². The number of ether oxygens (including phenoxy) is 2. The average Bonchev–Trinajstić information content (AvgIpc) is 2.67. The van der Waals surface area contributed by atoms with Crippen molar-refractivity contribution in [3.8, 4) is 0 Å². The van der Waals surface area contributed by atoms with Gasteiger partial charge < -0.3 is 9.47 Å². The Kier molecular flexibility index (Phi) is 7.20. The number of benzene rings is 2. The fourth-order valence-corrected chi connectivity index (χ4v) is 2.48. The van der Waals surface area contributed by atoms with E-state index in [9.17, 15) is 9.59 Å². The van der Waals surface area contributed by atoms with Crippen molar-refractivity contribution in [1.29, 1.82) is 0 Å². The molecule has 2 rings (SSSR count). The summed E-state index contributed by atoms with van der Waals surface area (Å²) >= 11 is 0. The van der Waals surface area contributed by atoms with Gasteiger partial charge in [-0.1, -0.05) is 50.2 Å². The standard InChI is InChI=1S/C21H24O4/c1-3-18(24-20(22)16-11-7-5-8-12-16)15-19(4-2)25-21(23)17-13-9-6-10-14-17/h5-14,18-19H,3-4,15H2,1-2H3/t18-,19+. The Labute approximate surface area is 148 Å². The van der Waals surface area contributed by atoms with Gasteiger partial charge in [0.15, 0.2) is 0 Å². The molecule has 4 heteroatoms. The molecule has 0 heterocycles. The molecule has 0 fully saturated rings. The number of hydrogen-bond acceptors (Lipinski definition) is 4. The lowest BCUT2D eigenvalue weighted by molar-refractivity contribution is -0.00187. The second-order valence-electron chi connectivity index (χ2n) is 5.84. The maximum atomic E-state index is 12.2. The predicted molar refractivity (Wildman–Crippen MR) is 96.5 cm³/mol. The number of rotatable bonds is 8. The molecule has 2 aromatic carbocycles. The SMILES string of the molecule is CC[C@H](C[C@H](CC)OC(=O)c1ccccc1)OC(=O)c1ccccc1. The molecule has 0 unspecified atom stereocenters. The van der Waals surface area contributed by atoms with E-state index in [1.54, 1.807) is 48.5 Å². The van der Waals surface area contributed by atoms with Gasteiger partial charge in [0.2, 0.25) is 0 Å². The minimum absolute atomic E-state index is 0.291. The van der Waals surface area contributed by atoms with Crippen LogP contribution in [0.3, 0.4) is 0 Å². The van der Waals surface area contributed by atoms with Crippen LogP contribution in [0.5, 0.6) is 0 Å². The van der Waals surface area contributed by atoms with Gasteiger partial charge in [0.1, 0.15) is 12.2 Å². The van der Waals surface area contributed by atoms with Gasteiger partial charge in [-0.2, -0.15) is 0 Å². The summed E-state index contributed by atoms with van der Waals surface area (Å²) in [6.07, 6.45) is 1.24. The first-order valence-electron chi connectivity index (χ1n) is 8.66. The van der Waals surface area contributed by atoms with Gasteiger partial charge in [-0.05, 0) is 37.1 Å². The third-order valence-electron chi connectivity index (χ3n) is 4.00. The molecular weight excluding hydrogens is 316 g/mol. The minimum Gasteiger partial charge on any atom is -0.459 e. The van der Waals surface area contributed by atoms with Crippen LogP contribution in [0.25, 0.3) is 0 Å². The molecule has 0 aromatic heterocycles. The van der Waals surface area contributed by atoms with Gasteiger partial charge in [0, 0.05) is 6.42 Å². The summed E-state index contributed by atoms with van der Waals surface area (Å²) in [5, 5.41) is 0. The summed E-state index contributed by atoms with van der Waals surface area (Å²) < 4.78 is 11.2. The van der Waals surface area contributed by atoms with E-state index >= 15 is 0 Å². The van der Waals surface area contributed by atoms with E-state index in [0.717, 1.165) is 0 Å². The van der Waals surface area contributed by atoms with Crippen LogP contribution >= 0.6 is 0 Å². The zero-order valence-electron chi connectivity index (χ0n) is 14.7. The van der Waals surface area contributed by atoms with Crippen LogP contribution < -0.4 is 0 Å². The fraction of sp³-hybridized carbons (Fsp3) is 0.333. The summed E-state index contributed by atoms with van der Waals surface area (Å²) in [5.41, 5.74) is 1.05. The largest absolute Gasteiger partial charge is 0.459 e. The molecule has 0 amide bonds. The molecule has 0 aliphatic carbocycles. The first-order valence-corrected chi connectivity index (χ1v) is 8.66. The van der Waals surface area contributed by atoms with Crippen molar-refractivity contribution in [3.05, 3.63) is 71.8 Å². The van der Waals surface area contributed by atoms with Crippen LogP contribution in [0.1, 0.15) is 53.8 Å². The van der Waals surface area contributed by atoms with Crippen LogP contribution in [-0.4, -0.2) is 24.1 Å². The Morgan fingerprint density at radius 2 is 1.08 bits per heavy atom. The second kappa shape index (κ2) is 9.62. The number of carbonyl (C=O) groups excluding carboxylic acids is 2. The molecular formula is C21H24O4. The van der Waals surface area contributed by atoms with E-state index in [4.69, 9.17) is 9.47 Å². The molecule has 25 heavy (non-hydrogen) atoms. The van der Waals surface area contributed by atoms with Crippen molar-refractivity contribution in [2.45, 2.75) is 45.3 Å². The Bertz CT molecular complexity index is 607. The molecule has 0 spiro atoms. The molecule has 0 saturated carbocycles. The molecule has 0 aliphatic heterocycles. The summed E-state index contributed by atoms with van der Waals surface area (Å²) in [6, 6.07) is 17.8. The predicted octanol–water partition coefficient (Wildman–Crippen LogP) is 4.65. The first kappa shape index (κ1) is 18.7. The van der Waals surface area contributed by atoms with E-state index in [-0.39, 0.29) is 24.1 Å². The molecule has 0 saturated heterocycles. The molecule has 0 aliphatic rings. The highest BCUT2D eigenvalue weighted by molar-refractivity contribution is 5.90. The van der Waals surface area contributed by atoms with Crippen molar-refractivity contribution in [3.63, 3.8) is 0 Å². The van der Waals surface area contributed by atoms with E-state index in [1.165, 1.54) is 0 Å². The monoisotopic (exact) mass is 340 g/mol. The van der Waals surface area contributed by atoms with Crippen molar-refractivity contribution in [2.75, 3.05) is 0 Å². The van der Waals surface area contributed by atoms with Crippen molar-refractivity contribution in [2.24, 2.45) is 0 Å². The van der Waals surface area contributed by atoms with Crippen molar-refractivity contribution >= 4 is 11.9 Å². The normalized spacial score (nSPS) is 12.9. The minimum atomic E-state index is -0.350. The Morgan fingerprint density at radius 3 is 1.40 bits per heavy atom. The molecule has 0 radical (unpaired) electrons. The molecule has 2 atom stereocenters. The number of hydrogen-bond donors (Lipinski definition) is 0. The third-order valence-corrected chi connectivity index (χ3v) is 4.00. The molecule has 2 aromatic rings. The summed E-state index contributed by atoms with van der Waals surface area (Å²) in [7, 11) is 0. The summed E-state index contributed by atoms with van der Waals surface area (Å²) in [5.74, 6) is -0.701. The zero-order chi connectivity index (χ0) is 18.1. The third kappa shape index (κ3) is 5.75. The van der Waals surface area contributed by atoms with E-state index in [0.29, 0.717) is 30.4 Å². The van der Waals surface area contributed by atoms with E-state index < -0.39 is 0 Å². The van der Waals surface area contributed by atoms with E-state index in [2.05, 4.69) is 0 Å². The van der Waals surface area contributed by atoms with E-state index in [1.807, 2.05) is 26.0 Å². The molecule has 0 N–H and O–H groups in total. The highest BCUT2D eigenvalue weighted by Crippen LogP contribution is 2.16. The highest BCUT2D eigenvalue weighted by Gasteiger charge is 2.22. The van der Waals surface area contributed by atoms with Crippen LogP contribution in [0.4, 0.5) is 0 Å². The Hall–Kier alpha value is -2.62. The van der Waals surface area contributed by atoms with Gasteiger partial charge >= 0.3 is 11.9 Å². The van der Waals surface area contributed by atoms with Gasteiger partial charge in [0.05, 0.1) is 11.1 Å². The maximum Gasteiger partial charge on any atom is 0.338 e. The lowest BCUT2D eigenvalue weighted by Crippen LogP contribution is -2.26. The summed E-state index contributed by atoms with van der Waals surface area (Å²) in [4.78, 5) is 24.4. The van der Waals surface area contributed by atoms with Crippen LogP contribution in [0.15, 0.2) is 60.7 Å². The van der Waals surface area contributed by atoms with Gasteiger partial charge in [-0.25, -0.2) is 9.59 Å². The lowest BCUT2D eigenvalue weighted by Gasteiger charge is -2.22. The quantitative estimate of drug-likeness (QED) is 0.657. The van der Waals surface area contributed by atoms with Crippen molar-refractivity contribution < 1.29 is 19.1 Å². The van der Waals surface area contributed by atoms with Crippen molar-refractivity contribution in [1.82, 2.24) is 0 Å². The van der Waals surface area contributed by atoms with Gasteiger partial charge in [0.25, 0.3) is 0 Å². The molecule has 0 bridgehead atoms. The Morgan fingerprint density at radius 1 is 0.720 bits per heavy atom.